The minimum Gasteiger partial charge on any atom is -0.480 e. The molecule has 0 aliphatic heterocycles. The summed E-state index contributed by atoms with van der Waals surface area (Å²) in [6.07, 6.45) is 44.8. The smallest absolute Gasteiger partial charge is 0.472 e. The Hall–Kier alpha value is -2.04. The van der Waals surface area contributed by atoms with Crippen molar-refractivity contribution in [3.05, 3.63) is 24.3 Å². The summed E-state index contributed by atoms with van der Waals surface area (Å²) in [6.45, 7) is 2.60. The molecule has 0 aliphatic carbocycles. The number of aliphatic carboxylic acids is 1. The summed E-state index contributed by atoms with van der Waals surface area (Å²) in [7, 11) is -4.76. The van der Waals surface area contributed by atoms with E-state index in [0.717, 1.165) is 57.8 Å². The maximum Gasteiger partial charge on any atom is 0.472 e. The third-order valence-corrected chi connectivity index (χ3v) is 11.4. The van der Waals surface area contributed by atoms with E-state index in [2.05, 4.69) is 43.5 Å². The average Bonchev–Trinajstić information content (AvgIpc) is 3.21. The van der Waals surface area contributed by atoms with Gasteiger partial charge in [-0.3, -0.25) is 18.6 Å². The standard InChI is InChI=1S/C47H88NO10P/c1-3-5-7-9-11-13-15-17-19-21-22-23-25-27-29-31-33-35-37-39-46(51)56-40-43(49)41-57-59(54,55)58-42-44(47(52)53)48-45(50)38-36-34-32-30-28-26-24-20-18-16-14-12-10-8-6-4-2/h17,19-20,24,43-44,49H,3-16,18,21-23,25-42H2,1-2H3,(H,48,50)(H,52,53)(H,54,55)/b19-17+,24-20-. The monoisotopic (exact) mass is 858 g/mol. The van der Waals surface area contributed by atoms with Crippen LogP contribution in [0.5, 0.6) is 0 Å². The van der Waals surface area contributed by atoms with Crippen molar-refractivity contribution in [1.29, 1.82) is 0 Å². The molecule has 0 aliphatic rings. The maximum atomic E-state index is 12.3. The summed E-state index contributed by atoms with van der Waals surface area (Å²) in [5.41, 5.74) is 0. The second kappa shape index (κ2) is 42.6. The summed E-state index contributed by atoms with van der Waals surface area (Å²) in [6, 6.07) is -1.55. The van der Waals surface area contributed by atoms with E-state index in [4.69, 9.17) is 13.8 Å². The number of ether oxygens (including phenoxy) is 1. The SMILES string of the molecule is CCCCCCCC/C=C/CCCCCCCCCCCC(=O)OCC(O)COP(=O)(O)OCC(NC(=O)CCCCCCC/C=C\CCCCCCCCC)C(=O)O. The Labute approximate surface area is 359 Å². The van der Waals surface area contributed by atoms with Gasteiger partial charge < -0.3 is 25.2 Å². The first-order valence-electron chi connectivity index (χ1n) is 23.9. The molecule has 3 atom stereocenters. The highest BCUT2D eigenvalue weighted by molar-refractivity contribution is 7.47. The Morgan fingerprint density at radius 2 is 0.881 bits per heavy atom. The Balaban J connectivity index is 3.85. The van der Waals surface area contributed by atoms with Gasteiger partial charge in [0.2, 0.25) is 5.91 Å². The molecule has 3 unspecified atom stereocenters. The number of unbranched alkanes of at least 4 members (excludes halogenated alkanes) is 27. The fourth-order valence-electron chi connectivity index (χ4n) is 6.72. The van der Waals surface area contributed by atoms with Crippen molar-refractivity contribution < 1.29 is 47.8 Å². The minimum atomic E-state index is -4.76. The highest BCUT2D eigenvalue weighted by atomic mass is 31.2. The van der Waals surface area contributed by atoms with Gasteiger partial charge in [-0.15, -0.1) is 0 Å². The van der Waals surface area contributed by atoms with E-state index >= 15 is 0 Å². The van der Waals surface area contributed by atoms with Crippen LogP contribution in [0.1, 0.15) is 226 Å². The second-order valence-electron chi connectivity index (χ2n) is 16.3. The van der Waals surface area contributed by atoms with E-state index in [1.54, 1.807) is 0 Å². The van der Waals surface area contributed by atoms with E-state index in [9.17, 15) is 34.1 Å². The Bertz CT molecular complexity index is 1100. The zero-order valence-electron chi connectivity index (χ0n) is 37.6. The molecule has 346 valence electrons. The van der Waals surface area contributed by atoms with Crippen molar-refractivity contribution in [2.45, 2.75) is 238 Å². The van der Waals surface area contributed by atoms with Crippen molar-refractivity contribution in [2.75, 3.05) is 19.8 Å². The van der Waals surface area contributed by atoms with Crippen LogP contribution in [0, 0.1) is 0 Å². The maximum absolute atomic E-state index is 12.3. The van der Waals surface area contributed by atoms with Crippen molar-refractivity contribution in [3.63, 3.8) is 0 Å². The number of hydrogen-bond donors (Lipinski definition) is 4. The molecule has 59 heavy (non-hydrogen) atoms. The van der Waals surface area contributed by atoms with Gasteiger partial charge in [0.25, 0.3) is 0 Å². The molecule has 12 heteroatoms. The lowest BCUT2D eigenvalue weighted by molar-refractivity contribution is -0.147. The van der Waals surface area contributed by atoms with Gasteiger partial charge in [-0.2, -0.15) is 0 Å². The van der Waals surface area contributed by atoms with Gasteiger partial charge in [0, 0.05) is 12.8 Å². The highest BCUT2D eigenvalue weighted by Gasteiger charge is 2.28. The molecule has 0 aromatic heterocycles. The lowest BCUT2D eigenvalue weighted by Gasteiger charge is -2.18. The van der Waals surface area contributed by atoms with Crippen molar-refractivity contribution >= 4 is 25.7 Å². The van der Waals surface area contributed by atoms with Crippen LogP contribution in [0.2, 0.25) is 0 Å². The van der Waals surface area contributed by atoms with Crippen LogP contribution in [0.4, 0.5) is 0 Å². The van der Waals surface area contributed by atoms with Crippen LogP contribution >= 0.6 is 7.82 Å². The van der Waals surface area contributed by atoms with Crippen LogP contribution in [0.25, 0.3) is 0 Å². The number of carbonyl (C=O) groups is 3. The first-order valence-corrected chi connectivity index (χ1v) is 25.4. The molecule has 0 aromatic carbocycles. The molecular formula is C47H88NO10P. The minimum absolute atomic E-state index is 0.137. The van der Waals surface area contributed by atoms with Crippen LogP contribution in [-0.4, -0.2) is 64.9 Å². The van der Waals surface area contributed by atoms with Gasteiger partial charge >= 0.3 is 19.8 Å². The van der Waals surface area contributed by atoms with E-state index < -0.39 is 57.6 Å². The van der Waals surface area contributed by atoms with Gasteiger partial charge in [0.05, 0.1) is 13.2 Å². The third kappa shape index (κ3) is 42.4. The molecule has 0 heterocycles. The molecule has 1 amide bonds. The van der Waals surface area contributed by atoms with E-state index in [0.29, 0.717) is 12.8 Å². The first-order chi connectivity index (χ1) is 28.6. The number of carbonyl (C=O) groups excluding carboxylic acids is 2. The molecular weight excluding hydrogens is 769 g/mol. The molecule has 0 bridgehead atoms. The van der Waals surface area contributed by atoms with Crippen LogP contribution in [0.15, 0.2) is 24.3 Å². The van der Waals surface area contributed by atoms with E-state index in [1.165, 1.54) is 128 Å². The topological polar surface area (TPSA) is 169 Å². The van der Waals surface area contributed by atoms with Crippen molar-refractivity contribution in [3.8, 4) is 0 Å². The number of nitrogens with one attached hydrogen (secondary N) is 1. The van der Waals surface area contributed by atoms with Crippen LogP contribution in [-0.2, 0) is 32.7 Å². The second-order valence-corrected chi connectivity index (χ2v) is 17.7. The summed E-state index contributed by atoms with van der Waals surface area (Å²) in [4.78, 5) is 46.0. The van der Waals surface area contributed by atoms with Crippen molar-refractivity contribution in [2.24, 2.45) is 0 Å². The number of esters is 1. The van der Waals surface area contributed by atoms with Gasteiger partial charge in [0.1, 0.15) is 12.7 Å². The molecule has 0 saturated carbocycles. The van der Waals surface area contributed by atoms with Crippen LogP contribution < -0.4 is 5.32 Å². The lowest BCUT2D eigenvalue weighted by atomic mass is 10.1. The molecule has 0 aromatic rings. The largest absolute Gasteiger partial charge is 0.480 e. The number of carboxylic acids is 1. The Morgan fingerprint density at radius 3 is 1.29 bits per heavy atom. The fraction of sp³-hybridized carbons (Fsp3) is 0.851. The van der Waals surface area contributed by atoms with Gasteiger partial charge in [-0.05, 0) is 64.2 Å². The zero-order chi connectivity index (χ0) is 43.5. The van der Waals surface area contributed by atoms with Gasteiger partial charge in [0.15, 0.2) is 6.04 Å². The number of phosphoric acid groups is 1. The molecule has 0 rings (SSSR count). The number of aliphatic hydroxyl groups excluding tert-OH is 1. The van der Waals surface area contributed by atoms with Gasteiger partial charge in [-0.1, -0.05) is 173 Å². The predicted molar refractivity (Wildman–Crippen MR) is 240 cm³/mol. The Kier molecular flexibility index (Phi) is 41.2. The molecule has 4 N–H and O–H groups in total. The summed E-state index contributed by atoms with van der Waals surface area (Å²) in [5.74, 6) is -2.38. The summed E-state index contributed by atoms with van der Waals surface area (Å²) < 4.78 is 26.9. The highest BCUT2D eigenvalue weighted by Crippen LogP contribution is 2.43. The molecule has 0 fully saturated rings. The lowest BCUT2D eigenvalue weighted by Crippen LogP contribution is -2.43. The third-order valence-electron chi connectivity index (χ3n) is 10.5. The normalized spacial score (nSPS) is 13.8. The Morgan fingerprint density at radius 1 is 0.525 bits per heavy atom. The van der Waals surface area contributed by atoms with Crippen molar-refractivity contribution in [1.82, 2.24) is 5.32 Å². The number of amides is 1. The summed E-state index contributed by atoms with van der Waals surface area (Å²) >= 11 is 0. The van der Waals surface area contributed by atoms with E-state index in [-0.39, 0.29) is 12.8 Å². The average molecular weight is 858 g/mol. The molecule has 0 radical (unpaired) electrons. The number of hydrogen-bond acceptors (Lipinski definition) is 8. The van der Waals surface area contributed by atoms with Crippen LogP contribution in [0.3, 0.4) is 0 Å². The number of carboxylic acid groups (broad SMARTS) is 1. The van der Waals surface area contributed by atoms with Gasteiger partial charge in [-0.25, -0.2) is 9.36 Å². The fourth-order valence-corrected chi connectivity index (χ4v) is 7.49. The summed E-state index contributed by atoms with van der Waals surface area (Å²) in [5, 5.41) is 21.9. The number of aliphatic hydroxyl groups is 1. The van der Waals surface area contributed by atoms with E-state index in [1.807, 2.05) is 0 Å². The molecule has 11 nitrogen and oxygen atoms in total. The quantitative estimate of drug-likeness (QED) is 0.0200. The first kappa shape index (κ1) is 57.0. The predicted octanol–water partition coefficient (Wildman–Crippen LogP) is 12.6. The number of phosphoric ester groups is 1. The molecule has 0 spiro atoms. The number of rotatable bonds is 45. The molecule has 0 saturated heterocycles. The zero-order valence-corrected chi connectivity index (χ0v) is 38.5. The number of allylic oxidation sites excluding steroid dienone is 4.